The van der Waals surface area contributed by atoms with Crippen molar-refractivity contribution in [2.45, 2.75) is 19.8 Å². The molecule has 7 heteroatoms. The van der Waals surface area contributed by atoms with Crippen molar-refractivity contribution < 1.29 is 18.8 Å². The van der Waals surface area contributed by atoms with Gasteiger partial charge in [0.15, 0.2) is 11.6 Å². The van der Waals surface area contributed by atoms with Gasteiger partial charge in [-0.05, 0) is 18.8 Å². The van der Waals surface area contributed by atoms with Crippen LogP contribution in [0.3, 0.4) is 0 Å². The van der Waals surface area contributed by atoms with Crippen molar-refractivity contribution in [2.24, 2.45) is 5.92 Å². The van der Waals surface area contributed by atoms with Gasteiger partial charge in [-0.1, -0.05) is 6.92 Å². The van der Waals surface area contributed by atoms with Gasteiger partial charge in [-0.3, -0.25) is 10.1 Å². The molecule has 1 aromatic carbocycles. The molecule has 2 N–H and O–H groups in total. The predicted octanol–water partition coefficient (Wildman–Crippen LogP) is 2.69. The minimum absolute atomic E-state index is 0.0697. The van der Waals surface area contributed by atoms with E-state index < -0.39 is 22.2 Å². The Morgan fingerprint density at radius 3 is 2.47 bits per heavy atom. The third-order valence-electron chi connectivity index (χ3n) is 2.72. The van der Waals surface area contributed by atoms with Crippen LogP contribution in [0.15, 0.2) is 12.1 Å². The summed E-state index contributed by atoms with van der Waals surface area (Å²) in [5.74, 6) is -1.84. The molecule has 19 heavy (non-hydrogen) atoms. The van der Waals surface area contributed by atoms with Crippen molar-refractivity contribution in [2.75, 3.05) is 18.5 Å². The van der Waals surface area contributed by atoms with E-state index in [0.29, 0.717) is 25.1 Å². The lowest BCUT2D eigenvalue weighted by atomic mass is 10.1. The van der Waals surface area contributed by atoms with Gasteiger partial charge in [-0.2, -0.15) is 0 Å². The Balaban J connectivity index is 2.62. The van der Waals surface area contributed by atoms with Crippen molar-refractivity contribution in [3.05, 3.63) is 33.9 Å². The van der Waals surface area contributed by atoms with Crippen molar-refractivity contribution in [1.82, 2.24) is 0 Å². The number of nitro groups is 1. The van der Waals surface area contributed by atoms with Crippen molar-refractivity contribution >= 4 is 11.4 Å². The molecule has 0 spiro atoms. The van der Waals surface area contributed by atoms with Crippen LogP contribution in [0.1, 0.15) is 19.8 Å². The third-order valence-corrected chi connectivity index (χ3v) is 2.72. The van der Waals surface area contributed by atoms with E-state index in [1.165, 1.54) is 0 Å². The zero-order chi connectivity index (χ0) is 14.4. The lowest BCUT2D eigenvalue weighted by Crippen LogP contribution is -2.09. The molecule has 0 aliphatic carbocycles. The summed E-state index contributed by atoms with van der Waals surface area (Å²) < 4.78 is 27.0. The first-order chi connectivity index (χ1) is 8.95. The number of nitrogens with one attached hydrogen (secondary N) is 1. The number of aliphatic hydroxyl groups excluding tert-OH is 1. The first-order valence-corrected chi connectivity index (χ1v) is 5.94. The average Bonchev–Trinajstić information content (AvgIpc) is 2.36. The summed E-state index contributed by atoms with van der Waals surface area (Å²) in [5, 5.41) is 21.8. The van der Waals surface area contributed by atoms with E-state index in [2.05, 4.69) is 5.32 Å². The molecule has 0 aliphatic rings. The number of hydrogen-bond acceptors (Lipinski definition) is 4. The molecule has 106 valence electrons. The summed E-state index contributed by atoms with van der Waals surface area (Å²) in [5.41, 5.74) is -0.975. The molecule has 1 atom stereocenters. The maximum Gasteiger partial charge on any atom is 0.275 e. The molecular formula is C12H16F2N2O3. The van der Waals surface area contributed by atoms with Crippen LogP contribution in [-0.2, 0) is 0 Å². The standard InChI is InChI=1S/C12H16F2N2O3/c1-8(7-17)3-2-4-15-12-10(13)5-9(16(18)19)6-11(12)14/h5-6,8,15,17H,2-4,7H2,1H3. The second-order valence-electron chi connectivity index (χ2n) is 4.40. The highest BCUT2D eigenvalue weighted by atomic mass is 19.1. The molecule has 0 heterocycles. The Bertz CT molecular complexity index is 432. The van der Waals surface area contributed by atoms with E-state index in [4.69, 9.17) is 5.11 Å². The molecule has 5 nitrogen and oxygen atoms in total. The van der Waals surface area contributed by atoms with Gasteiger partial charge in [0, 0.05) is 13.2 Å². The van der Waals surface area contributed by atoms with Gasteiger partial charge in [0.25, 0.3) is 5.69 Å². The van der Waals surface area contributed by atoms with Crippen LogP contribution < -0.4 is 5.32 Å². The molecule has 0 amide bonds. The summed E-state index contributed by atoms with van der Waals surface area (Å²) in [6.07, 6.45) is 1.36. The van der Waals surface area contributed by atoms with E-state index in [1.54, 1.807) is 0 Å². The smallest absolute Gasteiger partial charge is 0.275 e. The van der Waals surface area contributed by atoms with Crippen LogP contribution in [0.2, 0.25) is 0 Å². The second kappa shape index (κ2) is 6.98. The largest absolute Gasteiger partial charge is 0.396 e. The summed E-state index contributed by atoms with van der Waals surface area (Å²) in [6, 6.07) is 1.36. The Kier molecular flexibility index (Phi) is 5.62. The quantitative estimate of drug-likeness (QED) is 0.455. The van der Waals surface area contributed by atoms with Gasteiger partial charge in [0.2, 0.25) is 0 Å². The average molecular weight is 274 g/mol. The maximum atomic E-state index is 13.5. The summed E-state index contributed by atoms with van der Waals surface area (Å²) >= 11 is 0. The monoisotopic (exact) mass is 274 g/mol. The van der Waals surface area contributed by atoms with E-state index >= 15 is 0 Å². The van der Waals surface area contributed by atoms with Gasteiger partial charge < -0.3 is 10.4 Å². The fourth-order valence-corrected chi connectivity index (χ4v) is 1.59. The molecule has 0 bridgehead atoms. The fourth-order valence-electron chi connectivity index (χ4n) is 1.59. The van der Waals surface area contributed by atoms with Gasteiger partial charge in [-0.25, -0.2) is 8.78 Å². The minimum Gasteiger partial charge on any atom is -0.396 e. The molecular weight excluding hydrogens is 258 g/mol. The zero-order valence-corrected chi connectivity index (χ0v) is 10.5. The number of anilines is 1. The summed E-state index contributed by atoms with van der Waals surface area (Å²) in [7, 11) is 0. The zero-order valence-electron chi connectivity index (χ0n) is 10.5. The number of nitrogens with zero attached hydrogens (tertiary/aromatic N) is 1. The minimum atomic E-state index is -0.984. The molecule has 0 aromatic heterocycles. The lowest BCUT2D eigenvalue weighted by molar-refractivity contribution is -0.385. The summed E-state index contributed by atoms with van der Waals surface area (Å²) in [6.45, 7) is 2.27. The second-order valence-corrected chi connectivity index (χ2v) is 4.40. The first-order valence-electron chi connectivity index (χ1n) is 5.94. The van der Waals surface area contributed by atoms with Gasteiger partial charge in [-0.15, -0.1) is 0 Å². The van der Waals surface area contributed by atoms with E-state index in [0.717, 1.165) is 6.42 Å². The van der Waals surface area contributed by atoms with Gasteiger partial charge in [0.1, 0.15) is 5.69 Å². The predicted molar refractivity (Wildman–Crippen MR) is 67.0 cm³/mol. The molecule has 0 saturated heterocycles. The summed E-state index contributed by atoms with van der Waals surface area (Å²) in [4.78, 5) is 9.56. The van der Waals surface area contributed by atoms with Crippen LogP contribution >= 0.6 is 0 Å². The molecule has 1 unspecified atom stereocenters. The highest BCUT2D eigenvalue weighted by Crippen LogP contribution is 2.24. The Hall–Kier alpha value is -1.76. The number of hydrogen-bond donors (Lipinski definition) is 2. The Morgan fingerprint density at radius 1 is 1.42 bits per heavy atom. The van der Waals surface area contributed by atoms with Gasteiger partial charge >= 0.3 is 0 Å². The third kappa shape index (κ3) is 4.44. The van der Waals surface area contributed by atoms with Crippen molar-refractivity contribution in [1.29, 1.82) is 0 Å². The van der Waals surface area contributed by atoms with Crippen molar-refractivity contribution in [3.63, 3.8) is 0 Å². The Labute approximate surface area is 109 Å². The number of halogens is 2. The number of benzene rings is 1. The number of aliphatic hydroxyl groups is 1. The fraction of sp³-hybridized carbons (Fsp3) is 0.500. The number of nitro benzene ring substituents is 1. The van der Waals surface area contributed by atoms with Crippen molar-refractivity contribution in [3.8, 4) is 0 Å². The lowest BCUT2D eigenvalue weighted by Gasteiger charge is -2.10. The molecule has 0 fully saturated rings. The highest BCUT2D eigenvalue weighted by molar-refractivity contribution is 5.51. The number of rotatable bonds is 7. The Morgan fingerprint density at radius 2 is 2.00 bits per heavy atom. The van der Waals surface area contributed by atoms with Crippen LogP contribution in [0, 0.1) is 27.7 Å². The topological polar surface area (TPSA) is 75.4 Å². The van der Waals surface area contributed by atoms with Crippen LogP contribution in [-0.4, -0.2) is 23.2 Å². The van der Waals surface area contributed by atoms with Crippen LogP contribution in [0.25, 0.3) is 0 Å². The molecule has 0 radical (unpaired) electrons. The molecule has 0 saturated carbocycles. The van der Waals surface area contributed by atoms with Crippen LogP contribution in [0.4, 0.5) is 20.2 Å². The number of non-ortho nitro benzene ring substituents is 1. The maximum absolute atomic E-state index is 13.5. The molecule has 0 aliphatic heterocycles. The molecule has 1 rings (SSSR count). The van der Waals surface area contributed by atoms with Crippen LogP contribution in [0.5, 0.6) is 0 Å². The van der Waals surface area contributed by atoms with E-state index in [1.807, 2.05) is 6.92 Å². The van der Waals surface area contributed by atoms with Gasteiger partial charge in [0.05, 0.1) is 17.1 Å². The highest BCUT2D eigenvalue weighted by Gasteiger charge is 2.16. The first kappa shape index (κ1) is 15.3. The van der Waals surface area contributed by atoms with E-state index in [-0.39, 0.29) is 18.2 Å². The SMILES string of the molecule is CC(CO)CCCNc1c(F)cc([N+](=O)[O-])cc1F. The molecule has 1 aromatic rings. The normalized spacial score (nSPS) is 12.2. The van der Waals surface area contributed by atoms with E-state index in [9.17, 15) is 18.9 Å².